The zero-order valence-corrected chi connectivity index (χ0v) is 11.8. The number of rotatable bonds is 5. The van der Waals surface area contributed by atoms with Gasteiger partial charge in [-0.15, -0.1) is 0 Å². The average molecular weight is 285 g/mol. The summed E-state index contributed by atoms with van der Waals surface area (Å²) in [5.74, 6) is 1.67. The first kappa shape index (κ1) is 14.6. The van der Waals surface area contributed by atoms with E-state index < -0.39 is 4.92 Å². The van der Waals surface area contributed by atoms with Crippen molar-refractivity contribution >= 4 is 11.8 Å². The Hall–Kier alpha value is -2.82. The molecule has 0 N–H and O–H groups in total. The summed E-state index contributed by atoms with van der Waals surface area (Å²) in [5.41, 5.74) is 1.03. The minimum Gasteiger partial charge on any atom is -0.493 e. The van der Waals surface area contributed by atoms with Crippen LogP contribution >= 0.6 is 0 Å². The van der Waals surface area contributed by atoms with E-state index >= 15 is 0 Å². The molecule has 0 unspecified atom stereocenters. The van der Waals surface area contributed by atoms with Gasteiger partial charge in [-0.1, -0.05) is 18.2 Å². The standard InChI is InChI=1S/C16H15NO4/c1-3-4-12-5-10-15(16(11-12)20-2)21-14-8-6-13(7-9-14)17(18)19/h3-11H,1-2H3/b4-3+. The molecule has 0 atom stereocenters. The molecule has 0 saturated heterocycles. The van der Waals surface area contributed by atoms with E-state index in [9.17, 15) is 10.1 Å². The summed E-state index contributed by atoms with van der Waals surface area (Å²) in [6.07, 6.45) is 3.89. The van der Waals surface area contributed by atoms with Crippen LogP contribution in [0.3, 0.4) is 0 Å². The summed E-state index contributed by atoms with van der Waals surface area (Å²) in [4.78, 5) is 10.2. The van der Waals surface area contributed by atoms with Gasteiger partial charge in [0.1, 0.15) is 5.75 Å². The lowest BCUT2D eigenvalue weighted by molar-refractivity contribution is -0.384. The largest absolute Gasteiger partial charge is 0.493 e. The van der Waals surface area contributed by atoms with Gasteiger partial charge in [0, 0.05) is 12.1 Å². The molecule has 0 radical (unpaired) electrons. The van der Waals surface area contributed by atoms with E-state index in [1.807, 2.05) is 31.2 Å². The third kappa shape index (κ3) is 3.60. The second kappa shape index (κ2) is 6.56. The molecular weight excluding hydrogens is 270 g/mol. The van der Waals surface area contributed by atoms with Crippen LogP contribution in [0.5, 0.6) is 17.2 Å². The van der Waals surface area contributed by atoms with Crippen molar-refractivity contribution in [2.24, 2.45) is 0 Å². The van der Waals surface area contributed by atoms with Gasteiger partial charge in [-0.25, -0.2) is 0 Å². The summed E-state index contributed by atoms with van der Waals surface area (Å²) >= 11 is 0. The Kier molecular flexibility index (Phi) is 4.56. The summed E-state index contributed by atoms with van der Waals surface area (Å²) in [6.45, 7) is 1.94. The van der Waals surface area contributed by atoms with Crippen LogP contribution in [0.2, 0.25) is 0 Å². The summed E-state index contributed by atoms with van der Waals surface area (Å²) < 4.78 is 11.0. The topological polar surface area (TPSA) is 61.6 Å². The number of hydrogen-bond donors (Lipinski definition) is 0. The van der Waals surface area contributed by atoms with E-state index in [1.165, 1.54) is 12.1 Å². The zero-order chi connectivity index (χ0) is 15.2. The van der Waals surface area contributed by atoms with Gasteiger partial charge in [-0.05, 0) is 36.8 Å². The van der Waals surface area contributed by atoms with Gasteiger partial charge in [0.2, 0.25) is 0 Å². The molecule has 0 aliphatic heterocycles. The number of non-ortho nitro benzene ring substituents is 1. The summed E-state index contributed by atoms with van der Waals surface area (Å²) in [7, 11) is 1.57. The molecule has 0 aliphatic carbocycles. The molecule has 0 fully saturated rings. The van der Waals surface area contributed by atoms with Crippen LogP contribution in [0.1, 0.15) is 12.5 Å². The van der Waals surface area contributed by atoms with Crippen molar-refractivity contribution < 1.29 is 14.4 Å². The van der Waals surface area contributed by atoms with Crippen LogP contribution in [0.25, 0.3) is 6.08 Å². The molecule has 2 aromatic carbocycles. The average Bonchev–Trinajstić information content (AvgIpc) is 2.49. The fourth-order valence-electron chi connectivity index (χ4n) is 1.83. The van der Waals surface area contributed by atoms with E-state index in [-0.39, 0.29) is 5.69 Å². The Bertz CT molecular complexity index is 662. The van der Waals surface area contributed by atoms with E-state index in [0.29, 0.717) is 17.2 Å². The number of ether oxygens (including phenoxy) is 2. The number of allylic oxidation sites excluding steroid dienone is 1. The number of nitrogens with zero attached hydrogens (tertiary/aromatic N) is 1. The van der Waals surface area contributed by atoms with Crippen molar-refractivity contribution in [3.63, 3.8) is 0 Å². The Morgan fingerprint density at radius 3 is 2.38 bits per heavy atom. The van der Waals surface area contributed by atoms with E-state index in [1.54, 1.807) is 25.3 Å². The maximum Gasteiger partial charge on any atom is 0.269 e. The first-order chi connectivity index (χ1) is 10.1. The molecule has 5 heteroatoms. The van der Waals surface area contributed by atoms with Crippen LogP contribution in [0.4, 0.5) is 5.69 Å². The molecule has 0 spiro atoms. The molecule has 5 nitrogen and oxygen atoms in total. The second-order valence-corrected chi connectivity index (χ2v) is 4.26. The first-order valence-corrected chi connectivity index (χ1v) is 6.37. The fourth-order valence-corrected chi connectivity index (χ4v) is 1.83. The SMILES string of the molecule is C/C=C/c1ccc(Oc2ccc([N+](=O)[O-])cc2)c(OC)c1. The Balaban J connectivity index is 2.24. The highest BCUT2D eigenvalue weighted by molar-refractivity contribution is 5.56. The predicted molar refractivity (Wildman–Crippen MR) is 80.9 cm³/mol. The summed E-state index contributed by atoms with van der Waals surface area (Å²) in [6, 6.07) is 11.5. The van der Waals surface area contributed by atoms with Gasteiger partial charge in [0.15, 0.2) is 11.5 Å². The van der Waals surface area contributed by atoms with Crippen molar-refractivity contribution in [1.82, 2.24) is 0 Å². The normalized spacial score (nSPS) is 10.6. The quantitative estimate of drug-likeness (QED) is 0.602. The number of benzene rings is 2. The third-order valence-electron chi connectivity index (χ3n) is 2.82. The Morgan fingerprint density at radius 1 is 1.10 bits per heavy atom. The van der Waals surface area contributed by atoms with Gasteiger partial charge in [0.05, 0.1) is 12.0 Å². The zero-order valence-electron chi connectivity index (χ0n) is 11.8. The highest BCUT2D eigenvalue weighted by Gasteiger charge is 2.08. The Labute approximate surface area is 122 Å². The molecular formula is C16H15NO4. The van der Waals surface area contributed by atoms with Crippen LogP contribution < -0.4 is 9.47 Å². The monoisotopic (exact) mass is 285 g/mol. The van der Waals surface area contributed by atoms with Gasteiger partial charge in [-0.3, -0.25) is 10.1 Å². The molecule has 108 valence electrons. The smallest absolute Gasteiger partial charge is 0.269 e. The highest BCUT2D eigenvalue weighted by atomic mass is 16.6. The van der Waals surface area contributed by atoms with Crippen molar-refractivity contribution in [3.05, 3.63) is 64.2 Å². The number of hydrogen-bond acceptors (Lipinski definition) is 4. The molecule has 0 bridgehead atoms. The minimum atomic E-state index is -0.448. The molecule has 0 saturated carbocycles. The second-order valence-electron chi connectivity index (χ2n) is 4.26. The molecule has 0 heterocycles. The van der Waals surface area contributed by atoms with E-state index in [0.717, 1.165) is 5.56 Å². The lowest BCUT2D eigenvalue weighted by Crippen LogP contribution is -1.92. The number of methoxy groups -OCH3 is 1. The van der Waals surface area contributed by atoms with Crippen molar-refractivity contribution in [2.45, 2.75) is 6.92 Å². The Morgan fingerprint density at radius 2 is 1.81 bits per heavy atom. The predicted octanol–water partition coefficient (Wildman–Crippen LogP) is 4.43. The fraction of sp³-hybridized carbons (Fsp3) is 0.125. The first-order valence-electron chi connectivity index (χ1n) is 6.37. The molecule has 2 rings (SSSR count). The van der Waals surface area contributed by atoms with Crippen LogP contribution in [-0.4, -0.2) is 12.0 Å². The van der Waals surface area contributed by atoms with E-state index in [4.69, 9.17) is 9.47 Å². The lowest BCUT2D eigenvalue weighted by Gasteiger charge is -2.11. The van der Waals surface area contributed by atoms with Gasteiger partial charge in [-0.2, -0.15) is 0 Å². The maximum absolute atomic E-state index is 10.6. The number of nitro groups is 1. The van der Waals surface area contributed by atoms with Gasteiger partial charge in [0.25, 0.3) is 5.69 Å². The minimum absolute atomic E-state index is 0.0257. The molecule has 2 aromatic rings. The van der Waals surface area contributed by atoms with E-state index in [2.05, 4.69) is 0 Å². The summed E-state index contributed by atoms with van der Waals surface area (Å²) in [5, 5.41) is 10.6. The third-order valence-corrected chi connectivity index (χ3v) is 2.82. The van der Waals surface area contributed by atoms with Crippen molar-refractivity contribution in [3.8, 4) is 17.2 Å². The molecule has 0 aromatic heterocycles. The highest BCUT2D eigenvalue weighted by Crippen LogP contribution is 2.33. The van der Waals surface area contributed by atoms with Crippen LogP contribution in [0.15, 0.2) is 48.5 Å². The number of nitro benzene ring substituents is 1. The molecule has 0 aliphatic rings. The van der Waals surface area contributed by atoms with Gasteiger partial charge < -0.3 is 9.47 Å². The lowest BCUT2D eigenvalue weighted by atomic mass is 10.2. The van der Waals surface area contributed by atoms with Crippen LogP contribution in [-0.2, 0) is 0 Å². The maximum atomic E-state index is 10.6. The molecule has 0 amide bonds. The van der Waals surface area contributed by atoms with Crippen molar-refractivity contribution in [1.29, 1.82) is 0 Å². The van der Waals surface area contributed by atoms with Crippen molar-refractivity contribution in [2.75, 3.05) is 7.11 Å². The van der Waals surface area contributed by atoms with Gasteiger partial charge >= 0.3 is 0 Å². The van der Waals surface area contributed by atoms with Crippen LogP contribution in [0, 0.1) is 10.1 Å². The molecule has 21 heavy (non-hydrogen) atoms.